The summed E-state index contributed by atoms with van der Waals surface area (Å²) in [4.78, 5) is 20.4. The molecular formula is C27H32F3N3O3Si. The lowest BCUT2D eigenvalue weighted by atomic mass is 9.99. The molecule has 4 rings (SSSR count). The zero-order valence-electron chi connectivity index (χ0n) is 21.8. The molecule has 1 unspecified atom stereocenters. The minimum absolute atomic E-state index is 0.0300. The van der Waals surface area contributed by atoms with Crippen molar-refractivity contribution in [1.82, 2.24) is 4.98 Å². The third-order valence-electron chi connectivity index (χ3n) is 6.99. The van der Waals surface area contributed by atoms with Crippen LogP contribution < -0.4 is 9.80 Å². The molecule has 6 nitrogen and oxygen atoms in total. The molecule has 37 heavy (non-hydrogen) atoms. The normalized spacial score (nSPS) is 17.8. The lowest BCUT2D eigenvalue weighted by molar-refractivity contribution is -0.138. The molecule has 0 spiro atoms. The Morgan fingerprint density at radius 1 is 1.19 bits per heavy atom. The molecule has 0 amide bonds. The number of nitrogens with zero attached hydrogens (tertiary/aromatic N) is 3. The van der Waals surface area contributed by atoms with Gasteiger partial charge in [-0.15, -0.1) is 0 Å². The van der Waals surface area contributed by atoms with Gasteiger partial charge in [-0.2, -0.15) is 0 Å². The molecule has 1 aromatic heterocycles. The molecule has 1 fully saturated rings. The van der Waals surface area contributed by atoms with Crippen molar-refractivity contribution in [2.45, 2.75) is 52.2 Å². The molecule has 0 N–H and O–H groups in total. The van der Waals surface area contributed by atoms with E-state index in [0.29, 0.717) is 34.3 Å². The Balaban J connectivity index is 1.65. The van der Waals surface area contributed by atoms with E-state index in [1.165, 1.54) is 23.1 Å². The van der Waals surface area contributed by atoms with Gasteiger partial charge in [-0.05, 0) is 48.6 Å². The van der Waals surface area contributed by atoms with Gasteiger partial charge in [0.05, 0.1) is 30.5 Å². The summed E-state index contributed by atoms with van der Waals surface area (Å²) in [5.41, 5.74) is 0.559. The van der Waals surface area contributed by atoms with Crippen molar-refractivity contribution >= 4 is 39.1 Å². The van der Waals surface area contributed by atoms with E-state index < -0.39 is 23.4 Å². The Morgan fingerprint density at radius 2 is 1.95 bits per heavy atom. The predicted molar refractivity (Wildman–Crippen MR) is 139 cm³/mol. The summed E-state index contributed by atoms with van der Waals surface area (Å²) in [6.07, 6.45) is 2.20. The van der Waals surface area contributed by atoms with Crippen molar-refractivity contribution in [2.24, 2.45) is 5.92 Å². The number of halogens is 3. The van der Waals surface area contributed by atoms with E-state index in [4.69, 9.17) is 9.16 Å². The Kier molecular flexibility index (Phi) is 7.98. The van der Waals surface area contributed by atoms with Crippen LogP contribution in [0.3, 0.4) is 0 Å². The monoisotopic (exact) mass is 531 g/mol. The zero-order valence-corrected chi connectivity index (χ0v) is 22.8. The second-order valence-corrected chi connectivity index (χ2v) is 12.0. The first-order valence-electron chi connectivity index (χ1n) is 12.5. The van der Waals surface area contributed by atoms with Gasteiger partial charge in [0.2, 0.25) is 9.76 Å². The summed E-state index contributed by atoms with van der Waals surface area (Å²) in [6.45, 7) is 11.5. The van der Waals surface area contributed by atoms with E-state index >= 15 is 4.39 Å². The van der Waals surface area contributed by atoms with E-state index in [-0.39, 0.29) is 47.2 Å². The van der Waals surface area contributed by atoms with Crippen molar-refractivity contribution in [3.8, 4) is 0 Å². The number of fused-ring (bicyclic) bond motifs is 1. The molecule has 1 saturated heterocycles. The number of rotatable bonds is 8. The Bertz CT molecular complexity index is 1200. The van der Waals surface area contributed by atoms with Crippen molar-refractivity contribution in [3.63, 3.8) is 0 Å². The molecule has 2 aliphatic heterocycles. The van der Waals surface area contributed by atoms with E-state index in [1.54, 1.807) is 6.92 Å². The number of pyridine rings is 1. The van der Waals surface area contributed by atoms with Gasteiger partial charge in [0.25, 0.3) is 0 Å². The maximum absolute atomic E-state index is 15.3. The highest BCUT2D eigenvalue weighted by Gasteiger charge is 2.33. The number of benzene rings is 1. The molecule has 198 valence electrons. The van der Waals surface area contributed by atoms with Gasteiger partial charge in [-0.25, -0.2) is 22.9 Å². The van der Waals surface area contributed by atoms with Gasteiger partial charge in [0, 0.05) is 24.7 Å². The number of esters is 1. The first kappa shape index (κ1) is 27.2. The second-order valence-electron chi connectivity index (χ2n) is 10.2. The van der Waals surface area contributed by atoms with Gasteiger partial charge in [0.15, 0.2) is 11.6 Å². The summed E-state index contributed by atoms with van der Waals surface area (Å²) in [6, 6.07) is 4.48. The van der Waals surface area contributed by atoms with E-state index in [0.717, 1.165) is 18.6 Å². The number of carbonyl (C=O) groups is 1. The average molecular weight is 532 g/mol. The van der Waals surface area contributed by atoms with Gasteiger partial charge in [0.1, 0.15) is 17.5 Å². The number of hydrogen-bond acceptors (Lipinski definition) is 6. The Labute approximate surface area is 218 Å². The van der Waals surface area contributed by atoms with Gasteiger partial charge < -0.3 is 19.0 Å². The molecule has 10 heteroatoms. The van der Waals surface area contributed by atoms with Crippen LogP contribution in [-0.4, -0.2) is 53.1 Å². The van der Waals surface area contributed by atoms with Crippen molar-refractivity contribution < 1.29 is 27.1 Å². The fourth-order valence-corrected chi connectivity index (χ4v) is 5.02. The summed E-state index contributed by atoms with van der Waals surface area (Å²) in [7, 11) is 0.318. The zero-order chi connectivity index (χ0) is 26.9. The SMILES string of the molecule is CCOC(=O)C1=Cc2cc(F)c(N3CCC(O[Si]C(C)(C)C(C)C)C3)nc2N(c2ccc(F)cc2F)C1. The molecule has 1 aromatic carbocycles. The molecule has 2 aromatic rings. The Hall–Kier alpha value is -2.85. The highest BCUT2D eigenvalue weighted by Crippen LogP contribution is 2.39. The second kappa shape index (κ2) is 10.9. The van der Waals surface area contributed by atoms with E-state index in [9.17, 15) is 13.6 Å². The van der Waals surface area contributed by atoms with Gasteiger partial charge in [-0.3, -0.25) is 0 Å². The predicted octanol–water partition coefficient (Wildman–Crippen LogP) is 5.67. The minimum atomic E-state index is -0.813. The average Bonchev–Trinajstić information content (AvgIpc) is 3.31. The van der Waals surface area contributed by atoms with Crippen molar-refractivity contribution in [3.05, 3.63) is 52.9 Å². The van der Waals surface area contributed by atoms with Crippen molar-refractivity contribution in [1.29, 1.82) is 0 Å². The van der Waals surface area contributed by atoms with Crippen LogP contribution in [0.1, 0.15) is 46.6 Å². The molecular weight excluding hydrogens is 499 g/mol. The summed E-state index contributed by atoms with van der Waals surface area (Å²) < 4.78 is 55.1. The molecule has 2 aliphatic rings. The standard InChI is InChI=1S/C27H32F3N3O3Si/c1-6-35-26(34)18-11-17-12-22(30)25(32-10-9-20(15-32)36-37-27(4,5)16(2)3)31-24(17)33(14-18)23-8-7-19(28)13-21(23)29/h7-8,11-13,16,20H,6,9-10,14-15H2,1-5H3. The highest BCUT2D eigenvalue weighted by molar-refractivity contribution is 6.32. The molecule has 0 aliphatic carbocycles. The van der Waals surface area contributed by atoms with Crippen LogP contribution in [0.5, 0.6) is 0 Å². The van der Waals surface area contributed by atoms with Crippen LogP contribution in [0.4, 0.5) is 30.5 Å². The van der Waals surface area contributed by atoms with Gasteiger partial charge in [-0.1, -0.05) is 27.7 Å². The summed E-state index contributed by atoms with van der Waals surface area (Å²) in [5, 5.41) is 0.0471. The van der Waals surface area contributed by atoms with E-state index in [2.05, 4.69) is 32.7 Å². The molecule has 0 bridgehead atoms. The van der Waals surface area contributed by atoms with Crippen LogP contribution in [0.2, 0.25) is 5.04 Å². The number of anilines is 3. The minimum Gasteiger partial charge on any atom is -0.463 e. The molecule has 3 heterocycles. The topological polar surface area (TPSA) is 54.9 Å². The fourth-order valence-electron chi connectivity index (χ4n) is 4.12. The van der Waals surface area contributed by atoms with Crippen LogP contribution >= 0.6 is 0 Å². The lowest BCUT2D eigenvalue weighted by Gasteiger charge is -2.31. The third kappa shape index (κ3) is 5.85. The number of hydrogen-bond donors (Lipinski definition) is 0. The van der Waals surface area contributed by atoms with E-state index in [1.807, 2.05) is 4.90 Å². The summed E-state index contributed by atoms with van der Waals surface area (Å²) in [5.74, 6) is -1.79. The van der Waals surface area contributed by atoms with Crippen LogP contribution in [0.25, 0.3) is 6.08 Å². The smallest absolute Gasteiger partial charge is 0.335 e. The number of aromatic nitrogens is 1. The van der Waals surface area contributed by atoms with Crippen LogP contribution in [0, 0.1) is 23.4 Å². The fraction of sp³-hybridized carbons (Fsp3) is 0.481. The van der Waals surface area contributed by atoms with Gasteiger partial charge >= 0.3 is 5.97 Å². The summed E-state index contributed by atoms with van der Waals surface area (Å²) >= 11 is 0. The quantitative estimate of drug-likeness (QED) is 0.323. The third-order valence-corrected chi connectivity index (χ3v) is 8.55. The lowest BCUT2D eigenvalue weighted by Crippen LogP contribution is -2.32. The number of carbonyl (C=O) groups excluding carboxylic acids is 1. The number of ether oxygens (including phenoxy) is 1. The molecule has 0 saturated carbocycles. The Morgan fingerprint density at radius 3 is 2.62 bits per heavy atom. The van der Waals surface area contributed by atoms with Crippen LogP contribution in [0.15, 0.2) is 29.8 Å². The molecule has 1 atom stereocenters. The maximum Gasteiger partial charge on any atom is 0.335 e. The highest BCUT2D eigenvalue weighted by atomic mass is 28.2. The first-order valence-corrected chi connectivity index (χ1v) is 13.4. The first-order chi connectivity index (χ1) is 17.5. The maximum atomic E-state index is 15.3. The van der Waals surface area contributed by atoms with Crippen molar-refractivity contribution in [2.75, 3.05) is 36.0 Å². The largest absolute Gasteiger partial charge is 0.463 e. The van der Waals surface area contributed by atoms with Crippen LogP contribution in [-0.2, 0) is 14.0 Å². The molecule has 2 radical (unpaired) electrons.